The Labute approximate surface area is 172 Å². The highest BCUT2D eigenvalue weighted by atomic mass is 16.2. The molecule has 2 heterocycles. The molecule has 2 aromatic carbocycles. The molecule has 1 atom stereocenters. The maximum atomic E-state index is 12.8. The molecule has 0 bridgehead atoms. The van der Waals surface area contributed by atoms with E-state index in [9.17, 15) is 4.79 Å². The predicted octanol–water partition coefficient (Wildman–Crippen LogP) is 5.71. The first-order valence-electron chi connectivity index (χ1n) is 10.5. The third kappa shape index (κ3) is 4.14. The fourth-order valence-corrected chi connectivity index (χ4v) is 4.02. The van der Waals surface area contributed by atoms with Gasteiger partial charge in [-0.1, -0.05) is 26.0 Å². The Kier molecular flexibility index (Phi) is 5.31. The number of fused-ring (bicyclic) bond motifs is 1. The quantitative estimate of drug-likeness (QED) is 0.601. The summed E-state index contributed by atoms with van der Waals surface area (Å²) in [5.41, 5.74) is 6.72. The summed E-state index contributed by atoms with van der Waals surface area (Å²) >= 11 is 0. The van der Waals surface area contributed by atoms with Crippen LogP contribution in [0.1, 0.15) is 61.0 Å². The number of piperidine rings is 1. The van der Waals surface area contributed by atoms with E-state index in [1.165, 1.54) is 16.7 Å². The number of urea groups is 1. The summed E-state index contributed by atoms with van der Waals surface area (Å²) in [6, 6.07) is 12.4. The highest BCUT2D eigenvalue weighted by molar-refractivity contribution is 5.89. The van der Waals surface area contributed by atoms with Gasteiger partial charge in [-0.05, 0) is 73.6 Å². The number of H-pyrrole nitrogens is 1. The average Bonchev–Trinajstić information content (AvgIpc) is 3.11. The van der Waals surface area contributed by atoms with Crippen molar-refractivity contribution in [2.24, 2.45) is 0 Å². The molecule has 3 aromatic rings. The van der Waals surface area contributed by atoms with Crippen LogP contribution in [0, 0.1) is 13.8 Å². The molecule has 4 rings (SSSR count). The van der Waals surface area contributed by atoms with E-state index in [1.807, 2.05) is 17.0 Å². The van der Waals surface area contributed by atoms with Gasteiger partial charge in [0.2, 0.25) is 0 Å². The standard InChI is InChI=1S/C24H30N4O/c1-15(2)18-7-9-20(10-8-18)25-24(29)28-11-5-6-19(14-28)23-26-21-12-16(3)17(4)13-22(21)27-23/h7-10,12-13,15,19H,5-6,11,14H2,1-4H3,(H,25,29)(H,26,27)/t19-/m1/s1. The van der Waals surface area contributed by atoms with Gasteiger partial charge in [-0.25, -0.2) is 9.78 Å². The summed E-state index contributed by atoms with van der Waals surface area (Å²) in [7, 11) is 0. The van der Waals surface area contributed by atoms with E-state index in [-0.39, 0.29) is 11.9 Å². The second-order valence-electron chi connectivity index (χ2n) is 8.57. The lowest BCUT2D eigenvalue weighted by Crippen LogP contribution is -2.41. The Bertz CT molecular complexity index is 980. The maximum absolute atomic E-state index is 12.8. The van der Waals surface area contributed by atoms with Crippen molar-refractivity contribution in [2.45, 2.75) is 52.4 Å². The highest BCUT2D eigenvalue weighted by Gasteiger charge is 2.27. The van der Waals surface area contributed by atoms with E-state index in [1.54, 1.807) is 0 Å². The summed E-state index contributed by atoms with van der Waals surface area (Å²) < 4.78 is 0. The second-order valence-corrected chi connectivity index (χ2v) is 8.57. The third-order valence-electron chi connectivity index (χ3n) is 6.04. The van der Waals surface area contributed by atoms with Crippen molar-refractivity contribution >= 4 is 22.8 Å². The molecule has 1 saturated heterocycles. The fourth-order valence-electron chi connectivity index (χ4n) is 4.02. The molecule has 29 heavy (non-hydrogen) atoms. The number of aromatic nitrogens is 2. The number of anilines is 1. The van der Waals surface area contributed by atoms with Gasteiger partial charge in [0, 0.05) is 24.7 Å². The molecule has 1 aromatic heterocycles. The van der Waals surface area contributed by atoms with Crippen LogP contribution in [-0.2, 0) is 0 Å². The molecule has 1 aliphatic rings. The lowest BCUT2D eigenvalue weighted by atomic mass is 9.97. The lowest BCUT2D eigenvalue weighted by molar-refractivity contribution is 0.191. The van der Waals surface area contributed by atoms with Crippen molar-refractivity contribution in [3.63, 3.8) is 0 Å². The van der Waals surface area contributed by atoms with Crippen molar-refractivity contribution in [3.8, 4) is 0 Å². The first-order valence-corrected chi connectivity index (χ1v) is 10.5. The van der Waals surface area contributed by atoms with Crippen molar-refractivity contribution < 1.29 is 4.79 Å². The number of nitrogens with one attached hydrogen (secondary N) is 2. The topological polar surface area (TPSA) is 61.0 Å². The molecule has 152 valence electrons. The zero-order chi connectivity index (χ0) is 20.5. The number of carbonyl (C=O) groups excluding carboxylic acids is 1. The minimum absolute atomic E-state index is 0.0326. The number of amides is 2. The zero-order valence-electron chi connectivity index (χ0n) is 17.7. The largest absolute Gasteiger partial charge is 0.342 e. The summed E-state index contributed by atoms with van der Waals surface area (Å²) in [5.74, 6) is 1.72. The van der Waals surface area contributed by atoms with Gasteiger partial charge in [-0.3, -0.25) is 0 Å². The van der Waals surface area contributed by atoms with Gasteiger partial charge in [0.05, 0.1) is 11.0 Å². The normalized spacial score (nSPS) is 17.1. The molecule has 2 N–H and O–H groups in total. The van der Waals surface area contributed by atoms with Crippen LogP contribution in [0.15, 0.2) is 36.4 Å². The van der Waals surface area contributed by atoms with Crippen LogP contribution in [0.3, 0.4) is 0 Å². The van der Waals surface area contributed by atoms with Crippen molar-refractivity contribution in [1.82, 2.24) is 14.9 Å². The number of aryl methyl sites for hydroxylation is 2. The molecule has 0 radical (unpaired) electrons. The fraction of sp³-hybridized carbons (Fsp3) is 0.417. The Hall–Kier alpha value is -2.82. The highest BCUT2D eigenvalue weighted by Crippen LogP contribution is 2.28. The predicted molar refractivity (Wildman–Crippen MR) is 119 cm³/mol. The SMILES string of the molecule is Cc1cc2nc([C@@H]3CCCN(C(=O)Nc4ccc(C(C)C)cc4)C3)[nH]c2cc1C. The lowest BCUT2D eigenvalue weighted by Gasteiger charge is -2.31. The van der Waals surface area contributed by atoms with E-state index in [4.69, 9.17) is 4.98 Å². The van der Waals surface area contributed by atoms with Crippen molar-refractivity contribution in [2.75, 3.05) is 18.4 Å². The average molecular weight is 391 g/mol. The summed E-state index contributed by atoms with van der Waals surface area (Å²) in [6.45, 7) is 10.0. The monoisotopic (exact) mass is 390 g/mol. The van der Waals surface area contributed by atoms with Crippen molar-refractivity contribution in [3.05, 3.63) is 58.9 Å². The van der Waals surface area contributed by atoms with E-state index >= 15 is 0 Å². The van der Waals surface area contributed by atoms with Gasteiger partial charge in [-0.15, -0.1) is 0 Å². The van der Waals surface area contributed by atoms with E-state index in [0.717, 1.165) is 41.9 Å². The molecule has 5 heteroatoms. The van der Waals surface area contributed by atoms with Crippen LogP contribution in [0.25, 0.3) is 11.0 Å². The van der Waals surface area contributed by atoms with Gasteiger partial charge >= 0.3 is 6.03 Å². The third-order valence-corrected chi connectivity index (χ3v) is 6.04. The Morgan fingerprint density at radius 2 is 1.90 bits per heavy atom. The van der Waals surface area contributed by atoms with Crippen LogP contribution < -0.4 is 5.32 Å². The van der Waals surface area contributed by atoms with Gasteiger partial charge in [0.1, 0.15) is 5.82 Å². The van der Waals surface area contributed by atoms with Crippen LogP contribution in [0.2, 0.25) is 0 Å². The second kappa shape index (κ2) is 7.90. The number of nitrogens with zero attached hydrogens (tertiary/aromatic N) is 2. The molecular weight excluding hydrogens is 360 g/mol. The molecule has 0 unspecified atom stereocenters. The van der Waals surface area contributed by atoms with Crippen LogP contribution in [0.5, 0.6) is 0 Å². The minimum Gasteiger partial charge on any atom is -0.342 e. The number of benzene rings is 2. The maximum Gasteiger partial charge on any atom is 0.321 e. The van der Waals surface area contributed by atoms with Gasteiger partial charge in [0.25, 0.3) is 0 Å². The summed E-state index contributed by atoms with van der Waals surface area (Å²) in [5, 5.41) is 3.05. The first kappa shape index (κ1) is 19.5. The van der Waals surface area contributed by atoms with Crippen LogP contribution in [0.4, 0.5) is 10.5 Å². The number of likely N-dealkylation sites (tertiary alicyclic amines) is 1. The summed E-state index contributed by atoms with van der Waals surface area (Å²) in [4.78, 5) is 23.0. The number of carbonyl (C=O) groups is 1. The molecule has 2 amide bonds. The number of hydrogen-bond acceptors (Lipinski definition) is 2. The Balaban J connectivity index is 1.45. The van der Waals surface area contributed by atoms with Gasteiger partial charge in [0.15, 0.2) is 0 Å². The molecule has 0 saturated carbocycles. The Morgan fingerprint density at radius 1 is 1.17 bits per heavy atom. The molecule has 0 aliphatic carbocycles. The molecular formula is C24H30N4O. The Morgan fingerprint density at radius 3 is 2.62 bits per heavy atom. The van der Waals surface area contributed by atoms with E-state index in [0.29, 0.717) is 12.5 Å². The van der Waals surface area contributed by atoms with Gasteiger partial charge in [-0.2, -0.15) is 0 Å². The van der Waals surface area contributed by atoms with Gasteiger partial charge < -0.3 is 15.2 Å². The molecule has 0 spiro atoms. The number of imidazole rings is 1. The molecule has 1 fully saturated rings. The van der Waals surface area contributed by atoms with Crippen molar-refractivity contribution in [1.29, 1.82) is 0 Å². The summed E-state index contributed by atoms with van der Waals surface area (Å²) in [6.07, 6.45) is 2.03. The number of rotatable bonds is 3. The van der Waals surface area contributed by atoms with Crippen LogP contribution >= 0.6 is 0 Å². The van der Waals surface area contributed by atoms with Crippen LogP contribution in [-0.4, -0.2) is 34.0 Å². The molecule has 1 aliphatic heterocycles. The first-order chi connectivity index (χ1) is 13.9. The molecule has 5 nitrogen and oxygen atoms in total. The smallest absolute Gasteiger partial charge is 0.321 e. The number of aromatic amines is 1. The zero-order valence-corrected chi connectivity index (χ0v) is 17.7. The van der Waals surface area contributed by atoms with E-state index < -0.39 is 0 Å². The number of hydrogen-bond donors (Lipinski definition) is 2. The van der Waals surface area contributed by atoms with E-state index in [2.05, 4.69) is 62.3 Å². The minimum atomic E-state index is -0.0326.